The molecule has 41 heavy (non-hydrogen) atoms. The molecule has 0 radical (unpaired) electrons. The summed E-state index contributed by atoms with van der Waals surface area (Å²) in [4.78, 5) is 40.4. The third kappa shape index (κ3) is 6.21. The van der Waals surface area contributed by atoms with E-state index in [0.717, 1.165) is 16.8 Å². The summed E-state index contributed by atoms with van der Waals surface area (Å²) < 4.78 is 81.1. The number of benzene rings is 2. The van der Waals surface area contributed by atoms with Crippen LogP contribution >= 0.6 is 18.5 Å². The van der Waals surface area contributed by atoms with Crippen molar-refractivity contribution in [1.82, 2.24) is 9.88 Å². The minimum absolute atomic E-state index is 0.00872. The van der Waals surface area contributed by atoms with E-state index in [0.29, 0.717) is 11.0 Å². The van der Waals surface area contributed by atoms with Crippen LogP contribution in [0.5, 0.6) is 11.5 Å². The molecule has 1 aliphatic rings. The Kier molecular flexibility index (Phi) is 8.70. The lowest BCUT2D eigenvalue weighted by Gasteiger charge is -2.22. The molecule has 1 aromatic heterocycles. The molecule has 0 spiro atoms. The number of nitrogens with one attached hydrogen (secondary N) is 1. The van der Waals surface area contributed by atoms with Gasteiger partial charge in [0.15, 0.2) is 0 Å². The first-order valence-corrected chi connectivity index (χ1v) is 13.2. The van der Waals surface area contributed by atoms with Gasteiger partial charge in [-0.25, -0.2) is 4.39 Å². The van der Waals surface area contributed by atoms with Crippen molar-refractivity contribution in [3.63, 3.8) is 0 Å². The Labute approximate surface area is 235 Å². The second-order valence-corrected chi connectivity index (χ2v) is 10.2. The van der Waals surface area contributed by atoms with Gasteiger partial charge in [0, 0.05) is 42.9 Å². The highest BCUT2D eigenvalue weighted by molar-refractivity contribution is 7.27. The number of carbonyl (C=O) groups is 2. The van der Waals surface area contributed by atoms with Gasteiger partial charge in [-0.15, -0.1) is 9.24 Å². The second kappa shape index (κ2) is 11.7. The first-order valence-electron chi connectivity index (χ1n) is 11.9. The Hall–Kier alpha value is -3.56. The molecule has 1 saturated heterocycles. The van der Waals surface area contributed by atoms with E-state index in [2.05, 4.69) is 14.6 Å². The maximum absolute atomic E-state index is 15.4. The van der Waals surface area contributed by atoms with Crippen LogP contribution in [0.25, 0.3) is 0 Å². The minimum atomic E-state index is -4.99. The number of ether oxygens (including phenoxy) is 2. The number of amides is 2. The summed E-state index contributed by atoms with van der Waals surface area (Å²) in [7, 11) is 6.62. The number of rotatable bonds is 7. The van der Waals surface area contributed by atoms with Crippen LogP contribution in [0.3, 0.4) is 0 Å². The standard InChI is InChI=1S/C26H24F5N3O5P2/c1-33-8-7-16(26(29,30)31)21(24(33)37)34-11-15(19-17(27)9-14(38-2)10-18(19)40)20(23(34)36)32-22(35)12-3-5-13(6-4-12)39-25(28)41/h3-10,15,20,25H,11,40-41H2,1-2H3,(H,32,35)/t15-,20-,25?/m0/s1. The molecule has 0 aliphatic carbocycles. The zero-order valence-corrected chi connectivity index (χ0v) is 23.8. The average Bonchev–Trinajstić information content (AvgIpc) is 3.19. The van der Waals surface area contributed by atoms with Gasteiger partial charge >= 0.3 is 6.18 Å². The van der Waals surface area contributed by atoms with Crippen LogP contribution in [0, 0.1) is 5.82 Å². The molecule has 2 amide bonds. The van der Waals surface area contributed by atoms with E-state index in [9.17, 15) is 31.9 Å². The van der Waals surface area contributed by atoms with Crippen molar-refractivity contribution in [1.29, 1.82) is 0 Å². The first kappa shape index (κ1) is 30.4. The van der Waals surface area contributed by atoms with E-state index < -0.39 is 65.2 Å². The third-order valence-corrected chi connectivity index (χ3v) is 7.14. The summed E-state index contributed by atoms with van der Waals surface area (Å²) in [5, 5.41) is 2.72. The summed E-state index contributed by atoms with van der Waals surface area (Å²) in [6.07, 6.45) is -5.76. The number of hydrogen-bond acceptors (Lipinski definition) is 5. The number of methoxy groups -OCH3 is 1. The smallest absolute Gasteiger partial charge is 0.418 e. The van der Waals surface area contributed by atoms with Crippen molar-refractivity contribution in [2.45, 2.75) is 24.2 Å². The van der Waals surface area contributed by atoms with Crippen molar-refractivity contribution >= 4 is 41.3 Å². The minimum Gasteiger partial charge on any atom is -0.497 e. The highest BCUT2D eigenvalue weighted by Gasteiger charge is 2.48. The van der Waals surface area contributed by atoms with Crippen molar-refractivity contribution in [3.05, 3.63) is 81.5 Å². The van der Waals surface area contributed by atoms with Gasteiger partial charge in [-0.05, 0) is 41.7 Å². The first-order chi connectivity index (χ1) is 19.2. The Morgan fingerprint density at radius 1 is 1.12 bits per heavy atom. The number of carbonyl (C=O) groups excluding carboxylic acids is 2. The molecule has 5 atom stereocenters. The van der Waals surface area contributed by atoms with Gasteiger partial charge in [0.05, 0.1) is 12.7 Å². The van der Waals surface area contributed by atoms with Crippen LogP contribution in [-0.2, 0) is 18.0 Å². The molecule has 1 fully saturated rings. The van der Waals surface area contributed by atoms with Gasteiger partial charge in [-0.1, -0.05) is 9.24 Å². The van der Waals surface area contributed by atoms with Crippen molar-refractivity contribution < 1.29 is 41.0 Å². The fourth-order valence-electron chi connectivity index (χ4n) is 4.62. The van der Waals surface area contributed by atoms with E-state index in [4.69, 9.17) is 9.47 Å². The number of aryl methyl sites for hydroxylation is 1. The van der Waals surface area contributed by atoms with E-state index in [1.54, 1.807) is 9.24 Å². The zero-order chi connectivity index (χ0) is 30.2. The maximum atomic E-state index is 15.4. The molecule has 15 heteroatoms. The molecule has 8 nitrogen and oxygen atoms in total. The molecule has 1 aliphatic heterocycles. The molecule has 2 heterocycles. The molecule has 2 aromatic carbocycles. The van der Waals surface area contributed by atoms with Crippen molar-refractivity contribution in [2.75, 3.05) is 18.6 Å². The highest BCUT2D eigenvalue weighted by Crippen LogP contribution is 2.39. The number of pyridine rings is 1. The number of nitrogens with zero attached hydrogens (tertiary/aromatic N) is 2. The van der Waals surface area contributed by atoms with Crippen molar-refractivity contribution in [2.24, 2.45) is 7.05 Å². The highest BCUT2D eigenvalue weighted by atomic mass is 31.0. The van der Waals surface area contributed by atoms with Crippen LogP contribution in [0.2, 0.25) is 0 Å². The molecule has 3 unspecified atom stereocenters. The van der Waals surface area contributed by atoms with E-state index >= 15 is 4.39 Å². The summed E-state index contributed by atoms with van der Waals surface area (Å²) in [5.41, 5.74) is -3.45. The topological polar surface area (TPSA) is 89.9 Å². The van der Waals surface area contributed by atoms with Crippen LogP contribution in [0.1, 0.15) is 27.4 Å². The molecular weight excluding hydrogens is 591 g/mol. The van der Waals surface area contributed by atoms with Crippen LogP contribution in [0.4, 0.5) is 27.6 Å². The fourth-order valence-corrected chi connectivity index (χ4v) is 5.29. The zero-order valence-electron chi connectivity index (χ0n) is 21.5. The summed E-state index contributed by atoms with van der Waals surface area (Å²) in [5.74, 6) is -3.64. The number of alkyl halides is 4. The quantitative estimate of drug-likeness (QED) is 0.325. The van der Waals surface area contributed by atoms with Crippen LogP contribution in [-0.4, -0.2) is 42.2 Å². The summed E-state index contributed by atoms with van der Waals surface area (Å²) in [6, 6.07) is 6.77. The molecule has 218 valence electrons. The van der Waals surface area contributed by atoms with Gasteiger partial charge in [-0.3, -0.25) is 14.4 Å². The predicted molar refractivity (Wildman–Crippen MR) is 147 cm³/mol. The molecule has 0 bridgehead atoms. The molecule has 1 N–H and O–H groups in total. The molecule has 3 aromatic rings. The van der Waals surface area contributed by atoms with Crippen LogP contribution in [0.15, 0.2) is 53.5 Å². The Morgan fingerprint density at radius 3 is 2.34 bits per heavy atom. The average molecular weight is 615 g/mol. The van der Waals surface area contributed by atoms with Gasteiger partial charge in [0.1, 0.15) is 29.0 Å². The lowest BCUT2D eigenvalue weighted by atomic mass is 9.93. The fraction of sp³-hybridized carbons (Fsp3) is 0.269. The summed E-state index contributed by atoms with van der Waals surface area (Å²) in [6.45, 7) is -0.546. The SMILES string of the molecule is COc1cc(F)c([C@@H]2CN(c3c(C(F)(F)F)ccn(C)c3=O)C(=O)[C@H]2NC(=O)c2ccc(OC(F)P)cc2)c(P)c1. The van der Waals surface area contributed by atoms with Gasteiger partial charge in [0.25, 0.3) is 11.5 Å². The maximum Gasteiger partial charge on any atom is 0.418 e. The lowest BCUT2D eigenvalue weighted by Crippen LogP contribution is -2.45. The van der Waals surface area contributed by atoms with Crippen LogP contribution < -0.4 is 30.6 Å². The van der Waals surface area contributed by atoms with E-state index in [1.807, 2.05) is 0 Å². The molecular formula is C26H24F5N3O5P2. The lowest BCUT2D eigenvalue weighted by molar-refractivity contribution is -0.137. The largest absolute Gasteiger partial charge is 0.497 e. The number of aromatic nitrogens is 1. The summed E-state index contributed by atoms with van der Waals surface area (Å²) >= 11 is 0. The molecule has 4 rings (SSSR count). The monoisotopic (exact) mass is 615 g/mol. The van der Waals surface area contributed by atoms with Gasteiger partial charge < -0.3 is 24.3 Å². The second-order valence-electron chi connectivity index (χ2n) is 9.10. The van der Waals surface area contributed by atoms with Crippen molar-refractivity contribution in [3.8, 4) is 11.5 Å². The van der Waals surface area contributed by atoms with E-state index in [1.165, 1.54) is 44.5 Å². The van der Waals surface area contributed by atoms with Gasteiger partial charge in [0.2, 0.25) is 12.0 Å². The predicted octanol–water partition coefficient (Wildman–Crippen LogP) is 3.49. The number of hydrogen-bond donors (Lipinski definition) is 1. The number of anilines is 1. The normalized spacial score (nSPS) is 17.9. The third-order valence-electron chi connectivity index (χ3n) is 6.53. The Balaban J connectivity index is 1.80. The van der Waals surface area contributed by atoms with E-state index in [-0.39, 0.29) is 27.9 Å². The van der Waals surface area contributed by atoms with Gasteiger partial charge in [-0.2, -0.15) is 17.6 Å². The Morgan fingerprint density at radius 2 is 1.78 bits per heavy atom. The molecule has 0 saturated carbocycles. The number of halogens is 5. The Bertz CT molecular complexity index is 1520.